The molecule has 0 aliphatic heterocycles. The van der Waals surface area contributed by atoms with Crippen molar-refractivity contribution in [1.29, 1.82) is 0 Å². The molecule has 0 spiro atoms. The number of carbonyl (C=O) groups is 1. The first-order valence-electron chi connectivity index (χ1n) is 12.2. The molecule has 0 aliphatic rings. The van der Waals surface area contributed by atoms with E-state index in [0.717, 1.165) is 18.4 Å². The molecule has 3 aromatic rings. The zero-order chi connectivity index (χ0) is 26.9. The average molecular weight is 516 g/mol. The molecule has 3 rings (SSSR count). The lowest BCUT2D eigenvalue weighted by molar-refractivity contribution is -0.258. The number of unbranched alkanes of at least 4 members (excludes halogenated alkanes) is 1. The third-order valence-corrected chi connectivity index (χ3v) is 5.98. The Hall–Kier alpha value is -3.36. The Morgan fingerprint density at radius 2 is 1.57 bits per heavy atom. The Morgan fingerprint density at radius 3 is 2.16 bits per heavy atom. The van der Waals surface area contributed by atoms with Gasteiger partial charge in [0.15, 0.2) is 5.60 Å². The summed E-state index contributed by atoms with van der Waals surface area (Å²) in [6.45, 7) is 4.37. The van der Waals surface area contributed by atoms with Crippen LogP contribution in [0, 0.1) is 0 Å². The van der Waals surface area contributed by atoms with Crippen molar-refractivity contribution < 1.29 is 32.5 Å². The van der Waals surface area contributed by atoms with Crippen LogP contribution in [-0.4, -0.2) is 36.9 Å². The molecule has 0 bridgehead atoms. The minimum Gasteiger partial charge on any atom is -0.491 e. The van der Waals surface area contributed by atoms with Gasteiger partial charge in [0.1, 0.15) is 12.4 Å². The van der Waals surface area contributed by atoms with Crippen molar-refractivity contribution in [3.63, 3.8) is 0 Å². The maximum absolute atomic E-state index is 13.3. The number of hydrogen-bond donors (Lipinski definition) is 1. The number of amides is 1. The van der Waals surface area contributed by atoms with E-state index in [2.05, 4.69) is 0 Å². The minimum atomic E-state index is -4.82. The first-order chi connectivity index (χ1) is 17.6. The van der Waals surface area contributed by atoms with Crippen LogP contribution in [0.4, 0.5) is 18.9 Å². The van der Waals surface area contributed by atoms with Crippen LogP contribution in [0.15, 0.2) is 78.9 Å². The number of rotatable bonds is 12. The van der Waals surface area contributed by atoms with E-state index in [0.29, 0.717) is 50.3 Å². The summed E-state index contributed by atoms with van der Waals surface area (Å²) in [5.74, 6) is 0.320. The van der Waals surface area contributed by atoms with Gasteiger partial charge in [0, 0.05) is 17.8 Å². The van der Waals surface area contributed by atoms with Gasteiger partial charge < -0.3 is 19.5 Å². The van der Waals surface area contributed by atoms with Gasteiger partial charge in [0.05, 0.1) is 13.2 Å². The van der Waals surface area contributed by atoms with Gasteiger partial charge in [-0.1, -0.05) is 55.8 Å². The van der Waals surface area contributed by atoms with E-state index in [1.807, 2.05) is 37.3 Å². The number of halogens is 3. The van der Waals surface area contributed by atoms with E-state index in [9.17, 15) is 23.1 Å². The van der Waals surface area contributed by atoms with Gasteiger partial charge in [-0.25, -0.2) is 0 Å². The molecule has 3 aromatic carbocycles. The highest BCUT2D eigenvalue weighted by Gasteiger charge is 2.51. The molecule has 1 atom stereocenters. The lowest BCUT2D eigenvalue weighted by atomic mass is 9.95. The van der Waals surface area contributed by atoms with E-state index >= 15 is 0 Å². The lowest BCUT2D eigenvalue weighted by Gasteiger charge is -2.28. The van der Waals surface area contributed by atoms with Crippen molar-refractivity contribution in [3.05, 3.63) is 95.6 Å². The lowest BCUT2D eigenvalue weighted by Crippen LogP contribution is -2.39. The summed E-state index contributed by atoms with van der Waals surface area (Å²) in [7, 11) is 0. The second kappa shape index (κ2) is 12.7. The van der Waals surface area contributed by atoms with Crippen molar-refractivity contribution in [2.75, 3.05) is 24.7 Å². The number of aliphatic hydroxyl groups is 1. The fraction of sp³-hybridized carbons (Fsp3) is 0.345. The standard InChI is InChI=1S/C29H32F3NO4/c1-3-4-18-33(25-14-12-24(13-15-25)28(2,35)29(30,31)32)27(34)23-10-16-26(17-11-23)37-20-19-36-21-22-8-6-5-7-9-22/h5-17,35H,3-4,18-21H2,1-2H3. The summed E-state index contributed by atoms with van der Waals surface area (Å²) in [6, 6.07) is 21.8. The van der Waals surface area contributed by atoms with Crippen LogP contribution in [0.5, 0.6) is 5.75 Å². The molecule has 0 saturated heterocycles. The second-order valence-electron chi connectivity index (χ2n) is 8.84. The molecule has 1 unspecified atom stereocenters. The van der Waals surface area contributed by atoms with Gasteiger partial charge in [-0.15, -0.1) is 0 Å². The number of hydrogen-bond acceptors (Lipinski definition) is 4. The van der Waals surface area contributed by atoms with Crippen molar-refractivity contribution in [1.82, 2.24) is 0 Å². The third-order valence-electron chi connectivity index (χ3n) is 5.98. The molecule has 0 aromatic heterocycles. The topological polar surface area (TPSA) is 59.0 Å². The Bertz CT molecular complexity index is 1110. The van der Waals surface area contributed by atoms with Crippen LogP contribution in [0.1, 0.15) is 48.2 Å². The number of alkyl halides is 3. The van der Waals surface area contributed by atoms with Crippen molar-refractivity contribution in [2.45, 2.75) is 45.1 Å². The van der Waals surface area contributed by atoms with E-state index in [1.54, 1.807) is 24.3 Å². The number of benzene rings is 3. The highest BCUT2D eigenvalue weighted by Crippen LogP contribution is 2.39. The zero-order valence-corrected chi connectivity index (χ0v) is 21.0. The van der Waals surface area contributed by atoms with E-state index in [4.69, 9.17) is 9.47 Å². The van der Waals surface area contributed by atoms with Gasteiger partial charge in [-0.05, 0) is 60.9 Å². The highest BCUT2D eigenvalue weighted by molar-refractivity contribution is 6.06. The largest absolute Gasteiger partial charge is 0.491 e. The summed E-state index contributed by atoms with van der Waals surface area (Å²) in [5, 5.41) is 9.92. The summed E-state index contributed by atoms with van der Waals surface area (Å²) < 4.78 is 50.8. The SMILES string of the molecule is CCCCN(C(=O)c1ccc(OCCOCc2ccccc2)cc1)c1ccc(C(C)(O)C(F)(F)F)cc1. The molecule has 37 heavy (non-hydrogen) atoms. The van der Waals surface area contributed by atoms with Gasteiger partial charge in [-0.2, -0.15) is 13.2 Å². The van der Waals surface area contributed by atoms with Crippen LogP contribution < -0.4 is 9.64 Å². The van der Waals surface area contributed by atoms with Crippen molar-refractivity contribution in [3.8, 4) is 5.75 Å². The van der Waals surface area contributed by atoms with Crippen LogP contribution in [-0.2, 0) is 16.9 Å². The zero-order valence-electron chi connectivity index (χ0n) is 21.0. The maximum Gasteiger partial charge on any atom is 0.421 e. The maximum atomic E-state index is 13.3. The van der Waals surface area contributed by atoms with E-state index in [1.165, 1.54) is 29.2 Å². The molecule has 0 fully saturated rings. The van der Waals surface area contributed by atoms with Crippen molar-refractivity contribution in [2.24, 2.45) is 0 Å². The number of ether oxygens (including phenoxy) is 2. The molecule has 8 heteroatoms. The average Bonchev–Trinajstić information content (AvgIpc) is 2.89. The molecule has 5 nitrogen and oxygen atoms in total. The minimum absolute atomic E-state index is 0.276. The summed E-state index contributed by atoms with van der Waals surface area (Å²) in [5.41, 5.74) is -1.31. The molecular formula is C29H32F3NO4. The van der Waals surface area contributed by atoms with Crippen LogP contribution >= 0.6 is 0 Å². The third kappa shape index (κ3) is 7.57. The Morgan fingerprint density at radius 1 is 0.919 bits per heavy atom. The van der Waals surface area contributed by atoms with Gasteiger partial charge in [-0.3, -0.25) is 4.79 Å². The first kappa shape index (κ1) is 28.2. The normalized spacial score (nSPS) is 13.1. The molecule has 0 heterocycles. The summed E-state index contributed by atoms with van der Waals surface area (Å²) >= 11 is 0. The van der Waals surface area contributed by atoms with E-state index < -0.39 is 11.8 Å². The summed E-state index contributed by atoms with van der Waals surface area (Å²) in [6.07, 6.45) is -3.26. The first-order valence-corrected chi connectivity index (χ1v) is 12.2. The monoisotopic (exact) mass is 515 g/mol. The fourth-order valence-electron chi connectivity index (χ4n) is 3.63. The molecule has 1 N–H and O–H groups in total. The van der Waals surface area contributed by atoms with Crippen LogP contribution in [0.2, 0.25) is 0 Å². The predicted molar refractivity (Wildman–Crippen MR) is 137 cm³/mol. The smallest absolute Gasteiger partial charge is 0.421 e. The molecule has 1 amide bonds. The molecule has 0 radical (unpaired) electrons. The Kier molecular flexibility index (Phi) is 9.72. The van der Waals surface area contributed by atoms with Gasteiger partial charge >= 0.3 is 6.18 Å². The van der Waals surface area contributed by atoms with E-state index in [-0.39, 0.29) is 11.5 Å². The Labute approximate surface area is 215 Å². The number of carbonyl (C=O) groups excluding carboxylic acids is 1. The predicted octanol–water partition coefficient (Wildman–Crippen LogP) is 6.50. The number of anilines is 1. The quantitative estimate of drug-likeness (QED) is 0.280. The molecule has 0 aliphatic carbocycles. The van der Waals surface area contributed by atoms with Crippen molar-refractivity contribution >= 4 is 11.6 Å². The highest BCUT2D eigenvalue weighted by atomic mass is 19.4. The fourth-order valence-corrected chi connectivity index (χ4v) is 3.63. The molecule has 0 saturated carbocycles. The van der Waals surface area contributed by atoms with Crippen LogP contribution in [0.3, 0.4) is 0 Å². The van der Waals surface area contributed by atoms with Gasteiger partial charge in [0.2, 0.25) is 0 Å². The second-order valence-corrected chi connectivity index (χ2v) is 8.84. The summed E-state index contributed by atoms with van der Waals surface area (Å²) in [4.78, 5) is 14.8. The van der Waals surface area contributed by atoms with Gasteiger partial charge in [0.25, 0.3) is 5.91 Å². The number of nitrogens with zero attached hydrogens (tertiary/aromatic N) is 1. The Balaban J connectivity index is 1.62. The van der Waals surface area contributed by atoms with Crippen LogP contribution in [0.25, 0.3) is 0 Å². The molecule has 198 valence electrons. The molecular weight excluding hydrogens is 483 g/mol.